The van der Waals surface area contributed by atoms with E-state index in [-0.39, 0.29) is 11.7 Å². The molecular formula is C19H27N3O6S. The number of nitrogens with zero attached hydrogens (tertiary/aromatic N) is 1. The fourth-order valence-electron chi connectivity index (χ4n) is 2.82. The molecule has 1 heterocycles. The third-order valence-corrected chi connectivity index (χ3v) is 5.90. The molecule has 2 amide bonds. The molecule has 0 aliphatic carbocycles. The van der Waals surface area contributed by atoms with Crippen molar-refractivity contribution >= 4 is 39.2 Å². The van der Waals surface area contributed by atoms with Crippen LogP contribution in [0.1, 0.15) is 39.5 Å². The molecule has 2 N–H and O–H groups in total. The van der Waals surface area contributed by atoms with Crippen molar-refractivity contribution in [3.8, 4) is 0 Å². The van der Waals surface area contributed by atoms with Crippen LogP contribution in [-0.2, 0) is 29.1 Å². The van der Waals surface area contributed by atoms with Gasteiger partial charge in [-0.05, 0) is 44.0 Å². The van der Waals surface area contributed by atoms with Gasteiger partial charge in [-0.1, -0.05) is 13.3 Å². The maximum absolute atomic E-state index is 12.0. The molecular weight excluding hydrogens is 398 g/mol. The molecule has 0 saturated carbocycles. The zero-order valence-electron chi connectivity index (χ0n) is 16.6. The van der Waals surface area contributed by atoms with Gasteiger partial charge in [0.1, 0.15) is 6.04 Å². The van der Waals surface area contributed by atoms with E-state index in [4.69, 9.17) is 4.74 Å². The van der Waals surface area contributed by atoms with Crippen LogP contribution in [0, 0.1) is 0 Å². The third-order valence-electron chi connectivity index (χ3n) is 4.36. The van der Waals surface area contributed by atoms with Gasteiger partial charge in [0.2, 0.25) is 15.9 Å². The number of hydrogen-bond acceptors (Lipinski definition) is 6. The number of sulfonamides is 1. The summed E-state index contributed by atoms with van der Waals surface area (Å²) in [5, 5.41) is 2.58. The first kappa shape index (κ1) is 22.8. The Morgan fingerprint density at radius 2 is 1.93 bits per heavy atom. The van der Waals surface area contributed by atoms with Crippen molar-refractivity contribution < 1.29 is 27.5 Å². The molecule has 10 heteroatoms. The number of amides is 2. The number of carbonyl (C=O) groups is 3. The van der Waals surface area contributed by atoms with Crippen molar-refractivity contribution in [3.63, 3.8) is 0 Å². The number of hydrogen-bond donors (Lipinski definition) is 2. The van der Waals surface area contributed by atoms with E-state index >= 15 is 0 Å². The highest BCUT2D eigenvalue weighted by molar-refractivity contribution is 7.89. The maximum Gasteiger partial charge on any atom is 0.324 e. The number of anilines is 2. The summed E-state index contributed by atoms with van der Waals surface area (Å²) >= 11 is 0. The molecule has 0 radical (unpaired) electrons. The normalized spacial score (nSPS) is 15.2. The molecule has 0 aromatic heterocycles. The molecule has 29 heavy (non-hydrogen) atoms. The summed E-state index contributed by atoms with van der Waals surface area (Å²) in [6, 6.07) is 5.70. The molecule has 0 bridgehead atoms. The molecule has 0 unspecified atom stereocenters. The molecule has 1 fully saturated rings. The lowest BCUT2D eigenvalue weighted by Crippen LogP contribution is -2.41. The van der Waals surface area contributed by atoms with Crippen molar-refractivity contribution in [1.29, 1.82) is 0 Å². The zero-order valence-corrected chi connectivity index (χ0v) is 17.5. The summed E-state index contributed by atoms with van der Waals surface area (Å²) in [6.45, 7) is 3.38. The molecule has 1 aromatic rings. The highest BCUT2D eigenvalue weighted by atomic mass is 32.2. The first-order chi connectivity index (χ1) is 13.7. The second-order valence-corrected chi connectivity index (χ2v) is 8.74. The van der Waals surface area contributed by atoms with Gasteiger partial charge in [0.25, 0.3) is 5.91 Å². The van der Waals surface area contributed by atoms with Crippen molar-refractivity contribution in [1.82, 2.24) is 4.72 Å². The average Bonchev–Trinajstić information content (AvgIpc) is 3.10. The molecule has 9 nitrogen and oxygen atoms in total. The van der Waals surface area contributed by atoms with Crippen LogP contribution in [0.15, 0.2) is 24.3 Å². The maximum atomic E-state index is 12.0. The first-order valence-electron chi connectivity index (χ1n) is 9.59. The first-order valence-corrected chi connectivity index (χ1v) is 11.2. The number of rotatable bonds is 10. The average molecular weight is 426 g/mol. The number of carbonyl (C=O) groups excluding carboxylic acids is 3. The van der Waals surface area contributed by atoms with Crippen LogP contribution in [0.4, 0.5) is 11.4 Å². The van der Waals surface area contributed by atoms with Gasteiger partial charge in [-0.15, -0.1) is 0 Å². The lowest BCUT2D eigenvalue weighted by atomic mass is 10.2. The van der Waals surface area contributed by atoms with Crippen molar-refractivity contribution in [3.05, 3.63) is 24.3 Å². The molecule has 0 spiro atoms. The standard InChI is InChI=1S/C19H27N3O6S/c1-3-4-12-29(26,27)21-14(2)19(25)28-13-17(23)20-15-7-9-16(10-8-15)22-11-5-6-18(22)24/h7-10,14,21H,3-6,11-13H2,1-2H3,(H,20,23)/t14-/m0/s1. The van der Waals surface area contributed by atoms with Crippen LogP contribution in [-0.4, -0.2) is 51.1 Å². The number of benzene rings is 1. The fraction of sp³-hybridized carbons (Fsp3) is 0.526. The van der Waals surface area contributed by atoms with Crippen LogP contribution in [0.5, 0.6) is 0 Å². The monoisotopic (exact) mass is 425 g/mol. The third kappa shape index (κ3) is 7.13. The van der Waals surface area contributed by atoms with Gasteiger partial charge in [0.05, 0.1) is 5.75 Å². The predicted molar refractivity (Wildman–Crippen MR) is 109 cm³/mol. The molecule has 1 atom stereocenters. The SMILES string of the molecule is CCCCS(=O)(=O)N[C@@H](C)C(=O)OCC(=O)Nc1ccc(N2CCCC2=O)cc1. The summed E-state index contributed by atoms with van der Waals surface area (Å²) in [5.74, 6) is -1.37. The zero-order chi connectivity index (χ0) is 21.4. The van der Waals surface area contributed by atoms with Crippen molar-refractivity contribution in [2.24, 2.45) is 0 Å². The second-order valence-electron chi connectivity index (χ2n) is 6.86. The summed E-state index contributed by atoms with van der Waals surface area (Å²) in [4.78, 5) is 37.3. The number of nitrogens with one attached hydrogen (secondary N) is 2. The van der Waals surface area contributed by atoms with Crippen LogP contribution in [0.25, 0.3) is 0 Å². The van der Waals surface area contributed by atoms with Gasteiger partial charge in [0.15, 0.2) is 6.61 Å². The van der Waals surface area contributed by atoms with Crippen LogP contribution < -0.4 is 14.9 Å². The van der Waals surface area contributed by atoms with Gasteiger partial charge in [-0.2, -0.15) is 0 Å². The Morgan fingerprint density at radius 3 is 2.52 bits per heavy atom. The summed E-state index contributed by atoms with van der Waals surface area (Å²) in [6.07, 6.45) is 2.58. The van der Waals surface area contributed by atoms with Crippen molar-refractivity contribution in [2.75, 3.05) is 29.1 Å². The number of esters is 1. The fourth-order valence-corrected chi connectivity index (χ4v) is 4.24. The smallest absolute Gasteiger partial charge is 0.324 e. The molecule has 2 rings (SSSR count). The predicted octanol–water partition coefficient (Wildman–Crippen LogP) is 1.40. The van der Waals surface area contributed by atoms with E-state index in [1.807, 2.05) is 6.92 Å². The van der Waals surface area contributed by atoms with Crippen LogP contribution in [0.3, 0.4) is 0 Å². The quantitative estimate of drug-likeness (QED) is 0.547. The van der Waals surface area contributed by atoms with E-state index in [2.05, 4.69) is 10.0 Å². The topological polar surface area (TPSA) is 122 Å². The van der Waals surface area contributed by atoms with Crippen LogP contribution >= 0.6 is 0 Å². The van der Waals surface area contributed by atoms with E-state index in [0.717, 1.165) is 18.5 Å². The van der Waals surface area contributed by atoms with Crippen LogP contribution in [0.2, 0.25) is 0 Å². The van der Waals surface area contributed by atoms with Gasteiger partial charge in [-0.3, -0.25) is 14.4 Å². The van der Waals surface area contributed by atoms with E-state index in [1.165, 1.54) is 6.92 Å². The number of unbranched alkanes of at least 4 members (excludes halogenated alkanes) is 1. The molecule has 1 saturated heterocycles. The largest absolute Gasteiger partial charge is 0.454 e. The Bertz CT molecular complexity index is 838. The second kappa shape index (κ2) is 10.4. The van der Waals surface area contributed by atoms with Crippen molar-refractivity contribution in [2.45, 2.75) is 45.6 Å². The summed E-state index contributed by atoms with van der Waals surface area (Å²) in [5.41, 5.74) is 1.26. The molecule has 160 valence electrons. The molecule has 1 aliphatic heterocycles. The van der Waals surface area contributed by atoms with E-state index in [9.17, 15) is 22.8 Å². The highest BCUT2D eigenvalue weighted by Crippen LogP contribution is 2.22. The Kier molecular flexibility index (Phi) is 8.15. The van der Waals surface area contributed by atoms with E-state index < -0.39 is 34.5 Å². The number of ether oxygens (including phenoxy) is 1. The lowest BCUT2D eigenvalue weighted by molar-refractivity contribution is -0.148. The Hall–Kier alpha value is -2.46. The van der Waals surface area contributed by atoms with Gasteiger partial charge < -0.3 is 15.0 Å². The Balaban J connectivity index is 1.78. The minimum absolute atomic E-state index is 0.0688. The van der Waals surface area contributed by atoms with Gasteiger partial charge in [-0.25, -0.2) is 13.1 Å². The van der Waals surface area contributed by atoms with Gasteiger partial charge in [0, 0.05) is 24.3 Å². The van der Waals surface area contributed by atoms with E-state index in [0.29, 0.717) is 25.1 Å². The van der Waals surface area contributed by atoms with Gasteiger partial charge >= 0.3 is 5.97 Å². The summed E-state index contributed by atoms with van der Waals surface area (Å²) in [7, 11) is -3.57. The minimum atomic E-state index is -3.57. The Labute approximate surface area is 170 Å². The van der Waals surface area contributed by atoms with E-state index in [1.54, 1.807) is 29.2 Å². The molecule has 1 aliphatic rings. The summed E-state index contributed by atoms with van der Waals surface area (Å²) < 4.78 is 30.7. The highest BCUT2D eigenvalue weighted by Gasteiger charge is 2.23. The lowest BCUT2D eigenvalue weighted by Gasteiger charge is -2.16. The Morgan fingerprint density at radius 1 is 1.24 bits per heavy atom. The molecule has 1 aromatic carbocycles. The minimum Gasteiger partial charge on any atom is -0.454 e.